The molecule has 2 atom stereocenters. The molecule has 1 rings (SSSR count). The number of hydrogen-bond acceptors (Lipinski definition) is 3. The van der Waals surface area contributed by atoms with Crippen molar-refractivity contribution < 1.29 is 10.2 Å². The second-order valence-corrected chi connectivity index (χ2v) is 4.13. The number of nitrogens with one attached hydrogen (secondary N) is 1. The summed E-state index contributed by atoms with van der Waals surface area (Å²) in [5.74, 6) is 0. The van der Waals surface area contributed by atoms with Crippen molar-refractivity contribution in [3.05, 3.63) is 0 Å². The molecule has 1 aliphatic carbocycles. The van der Waals surface area contributed by atoms with Gasteiger partial charge in [0.15, 0.2) is 0 Å². The lowest BCUT2D eigenvalue weighted by Gasteiger charge is -2.30. The maximum Gasteiger partial charge on any atom is 0.0614 e. The lowest BCUT2D eigenvalue weighted by Crippen LogP contribution is -2.49. The minimum absolute atomic E-state index is 0.127. The SMILES string of the molecule is CC(C)NC1(CO)CCC(O)C1. The first-order valence-electron chi connectivity index (χ1n) is 4.64. The van der Waals surface area contributed by atoms with Gasteiger partial charge < -0.3 is 15.5 Å². The van der Waals surface area contributed by atoms with Crippen molar-refractivity contribution in [3.63, 3.8) is 0 Å². The minimum atomic E-state index is -0.233. The van der Waals surface area contributed by atoms with Gasteiger partial charge in [-0.3, -0.25) is 0 Å². The van der Waals surface area contributed by atoms with E-state index in [1.165, 1.54) is 0 Å². The molecule has 72 valence electrons. The largest absolute Gasteiger partial charge is 0.394 e. The van der Waals surface area contributed by atoms with Crippen LogP contribution in [0.25, 0.3) is 0 Å². The standard InChI is InChI=1S/C9H19NO2/c1-7(2)10-9(6-11)4-3-8(12)5-9/h7-8,10-12H,3-6H2,1-2H3. The first kappa shape index (κ1) is 9.96. The molecule has 0 aromatic carbocycles. The van der Waals surface area contributed by atoms with Crippen molar-refractivity contribution in [1.82, 2.24) is 5.32 Å². The molecule has 0 saturated heterocycles. The Kier molecular flexibility index (Phi) is 3.09. The number of hydrogen-bond donors (Lipinski definition) is 3. The summed E-state index contributed by atoms with van der Waals surface area (Å²) in [5, 5.41) is 21.9. The summed E-state index contributed by atoms with van der Waals surface area (Å²) in [6.07, 6.45) is 2.13. The highest BCUT2D eigenvalue weighted by Crippen LogP contribution is 2.29. The van der Waals surface area contributed by atoms with E-state index in [2.05, 4.69) is 19.2 Å². The predicted molar refractivity (Wildman–Crippen MR) is 47.9 cm³/mol. The van der Waals surface area contributed by atoms with Crippen molar-refractivity contribution in [2.24, 2.45) is 0 Å². The molecule has 12 heavy (non-hydrogen) atoms. The second kappa shape index (κ2) is 3.73. The Labute approximate surface area is 73.8 Å². The van der Waals surface area contributed by atoms with E-state index in [0.29, 0.717) is 12.5 Å². The van der Waals surface area contributed by atoms with Crippen LogP contribution in [0.15, 0.2) is 0 Å². The first-order valence-corrected chi connectivity index (χ1v) is 4.64. The summed E-state index contributed by atoms with van der Waals surface area (Å²) in [6, 6.07) is 0.363. The molecule has 0 amide bonds. The van der Waals surface area contributed by atoms with Gasteiger partial charge in [-0.25, -0.2) is 0 Å². The Hall–Kier alpha value is -0.120. The molecule has 2 unspecified atom stereocenters. The first-order chi connectivity index (χ1) is 5.58. The van der Waals surface area contributed by atoms with E-state index in [1.807, 2.05) is 0 Å². The fourth-order valence-electron chi connectivity index (χ4n) is 2.03. The van der Waals surface area contributed by atoms with Gasteiger partial charge in [0.1, 0.15) is 0 Å². The third-order valence-electron chi connectivity index (χ3n) is 2.48. The van der Waals surface area contributed by atoms with Gasteiger partial charge in [-0.15, -0.1) is 0 Å². The molecule has 3 nitrogen and oxygen atoms in total. The zero-order valence-corrected chi connectivity index (χ0v) is 7.88. The highest BCUT2D eigenvalue weighted by atomic mass is 16.3. The maximum absolute atomic E-state index is 9.36. The monoisotopic (exact) mass is 173 g/mol. The fraction of sp³-hybridized carbons (Fsp3) is 1.00. The molecule has 3 heteroatoms. The molecule has 1 fully saturated rings. The summed E-state index contributed by atoms with van der Waals surface area (Å²) in [7, 11) is 0. The molecule has 0 heterocycles. The molecule has 0 aliphatic heterocycles. The van der Waals surface area contributed by atoms with Crippen LogP contribution in [0.2, 0.25) is 0 Å². The van der Waals surface area contributed by atoms with Crippen LogP contribution in [-0.2, 0) is 0 Å². The average Bonchev–Trinajstić information content (AvgIpc) is 2.32. The van der Waals surface area contributed by atoms with E-state index in [4.69, 9.17) is 0 Å². The van der Waals surface area contributed by atoms with Crippen LogP contribution in [0.4, 0.5) is 0 Å². The van der Waals surface area contributed by atoms with E-state index < -0.39 is 0 Å². The minimum Gasteiger partial charge on any atom is -0.394 e. The predicted octanol–water partition coefficient (Wildman–Crippen LogP) is 0.260. The van der Waals surface area contributed by atoms with Gasteiger partial charge in [-0.05, 0) is 19.3 Å². The van der Waals surface area contributed by atoms with Crippen molar-refractivity contribution in [2.75, 3.05) is 6.61 Å². The van der Waals surface area contributed by atoms with Crippen LogP contribution in [-0.4, -0.2) is 34.5 Å². The Balaban J connectivity index is 2.52. The van der Waals surface area contributed by atoms with Crippen molar-refractivity contribution >= 4 is 0 Å². The molecule has 0 bridgehead atoms. The van der Waals surface area contributed by atoms with Crippen molar-refractivity contribution in [2.45, 2.75) is 50.8 Å². The van der Waals surface area contributed by atoms with Gasteiger partial charge in [0.05, 0.1) is 12.7 Å². The lowest BCUT2D eigenvalue weighted by atomic mass is 9.98. The van der Waals surface area contributed by atoms with Gasteiger partial charge in [0, 0.05) is 11.6 Å². The van der Waals surface area contributed by atoms with Crippen LogP contribution in [0.1, 0.15) is 33.1 Å². The van der Waals surface area contributed by atoms with Gasteiger partial charge in [-0.2, -0.15) is 0 Å². The lowest BCUT2D eigenvalue weighted by molar-refractivity contribution is 0.124. The van der Waals surface area contributed by atoms with Crippen LogP contribution < -0.4 is 5.32 Å². The van der Waals surface area contributed by atoms with E-state index in [9.17, 15) is 10.2 Å². The molecular weight excluding hydrogens is 154 g/mol. The second-order valence-electron chi connectivity index (χ2n) is 4.13. The van der Waals surface area contributed by atoms with Crippen LogP contribution in [0.3, 0.4) is 0 Å². The quantitative estimate of drug-likeness (QED) is 0.574. The summed E-state index contributed by atoms with van der Waals surface area (Å²) in [5.41, 5.74) is -0.215. The van der Waals surface area contributed by atoms with Gasteiger partial charge in [-0.1, -0.05) is 13.8 Å². The molecule has 0 radical (unpaired) electrons. The van der Waals surface area contributed by atoms with Crippen LogP contribution in [0, 0.1) is 0 Å². The molecule has 1 aliphatic rings. The summed E-state index contributed by atoms with van der Waals surface area (Å²) < 4.78 is 0. The molecule has 3 N–H and O–H groups in total. The molecular formula is C9H19NO2. The van der Waals surface area contributed by atoms with E-state index in [1.54, 1.807) is 0 Å². The van der Waals surface area contributed by atoms with E-state index in [0.717, 1.165) is 12.8 Å². The van der Waals surface area contributed by atoms with E-state index in [-0.39, 0.29) is 18.2 Å². The number of aliphatic hydroxyl groups excluding tert-OH is 2. The normalized spacial score (nSPS) is 36.2. The van der Waals surface area contributed by atoms with Crippen LogP contribution >= 0.6 is 0 Å². The Morgan fingerprint density at radius 1 is 1.58 bits per heavy atom. The summed E-state index contributed by atoms with van der Waals surface area (Å²) in [4.78, 5) is 0. The topological polar surface area (TPSA) is 52.5 Å². The zero-order chi connectivity index (χ0) is 9.19. The Morgan fingerprint density at radius 3 is 2.58 bits per heavy atom. The number of aliphatic hydroxyl groups is 2. The van der Waals surface area contributed by atoms with Gasteiger partial charge in [0.25, 0.3) is 0 Å². The van der Waals surface area contributed by atoms with Gasteiger partial charge in [0.2, 0.25) is 0 Å². The smallest absolute Gasteiger partial charge is 0.0614 e. The zero-order valence-electron chi connectivity index (χ0n) is 7.88. The number of rotatable bonds is 3. The summed E-state index contributed by atoms with van der Waals surface area (Å²) >= 11 is 0. The maximum atomic E-state index is 9.36. The highest BCUT2D eigenvalue weighted by molar-refractivity contribution is 4.96. The third-order valence-corrected chi connectivity index (χ3v) is 2.48. The molecule has 0 spiro atoms. The highest BCUT2D eigenvalue weighted by Gasteiger charge is 2.37. The molecule has 1 saturated carbocycles. The third kappa shape index (κ3) is 2.19. The molecule has 0 aromatic heterocycles. The van der Waals surface area contributed by atoms with E-state index >= 15 is 0 Å². The van der Waals surface area contributed by atoms with Crippen LogP contribution in [0.5, 0.6) is 0 Å². The molecule has 0 aromatic rings. The Morgan fingerprint density at radius 2 is 2.25 bits per heavy atom. The Bertz CT molecular complexity index is 149. The van der Waals surface area contributed by atoms with Gasteiger partial charge >= 0.3 is 0 Å². The summed E-state index contributed by atoms with van der Waals surface area (Å²) in [6.45, 7) is 4.24. The van der Waals surface area contributed by atoms with Crippen molar-refractivity contribution in [1.29, 1.82) is 0 Å². The van der Waals surface area contributed by atoms with Crippen molar-refractivity contribution in [3.8, 4) is 0 Å². The fourth-order valence-corrected chi connectivity index (χ4v) is 2.03. The average molecular weight is 173 g/mol.